The Labute approximate surface area is 163 Å². The topological polar surface area (TPSA) is 55.2 Å². The van der Waals surface area contributed by atoms with Crippen LogP contribution in [0, 0.1) is 12.8 Å². The minimum Gasteiger partial charge on any atom is -0.338 e. The summed E-state index contributed by atoms with van der Waals surface area (Å²) in [6, 6.07) is 8.75. The van der Waals surface area contributed by atoms with Crippen molar-refractivity contribution < 1.29 is 4.79 Å². The fourth-order valence-electron chi connectivity index (χ4n) is 3.88. The molecular weight excluding hydrogens is 358 g/mol. The highest BCUT2D eigenvalue weighted by Gasteiger charge is 2.27. The summed E-state index contributed by atoms with van der Waals surface area (Å²) in [5.74, 6) is 1.34. The monoisotopic (exact) mass is 383 g/mol. The van der Waals surface area contributed by atoms with Gasteiger partial charge in [-0.3, -0.25) is 14.2 Å². The van der Waals surface area contributed by atoms with Gasteiger partial charge in [0.15, 0.2) is 5.16 Å². The van der Waals surface area contributed by atoms with Crippen molar-refractivity contribution in [2.24, 2.45) is 5.92 Å². The summed E-state index contributed by atoms with van der Waals surface area (Å²) in [4.78, 5) is 31.5. The van der Waals surface area contributed by atoms with Crippen molar-refractivity contribution in [2.75, 3.05) is 18.8 Å². The van der Waals surface area contributed by atoms with Crippen LogP contribution in [0.25, 0.3) is 0 Å². The molecule has 1 aromatic carbocycles. The van der Waals surface area contributed by atoms with Crippen LogP contribution in [-0.4, -0.2) is 39.2 Å². The Bertz CT molecular complexity index is 883. The second kappa shape index (κ2) is 7.89. The van der Waals surface area contributed by atoms with Crippen molar-refractivity contribution in [2.45, 2.75) is 44.3 Å². The molecule has 0 aliphatic carbocycles. The highest BCUT2D eigenvalue weighted by atomic mass is 32.2. The van der Waals surface area contributed by atoms with E-state index >= 15 is 0 Å². The Morgan fingerprint density at radius 1 is 1.19 bits per heavy atom. The number of hydrogen-bond acceptors (Lipinski definition) is 4. The van der Waals surface area contributed by atoms with Gasteiger partial charge < -0.3 is 4.90 Å². The highest BCUT2D eigenvalue weighted by molar-refractivity contribution is 7.99. The number of fused-ring (bicyclic) bond motifs is 1. The Morgan fingerprint density at radius 2 is 1.93 bits per heavy atom. The van der Waals surface area contributed by atoms with E-state index in [0.29, 0.717) is 12.5 Å². The van der Waals surface area contributed by atoms with Crippen molar-refractivity contribution in [1.29, 1.82) is 0 Å². The number of likely N-dealkylation sites (tertiary alicyclic amines) is 1. The van der Waals surface area contributed by atoms with Gasteiger partial charge in [0.1, 0.15) is 5.56 Å². The van der Waals surface area contributed by atoms with Crippen LogP contribution >= 0.6 is 11.8 Å². The lowest BCUT2D eigenvalue weighted by molar-refractivity contribution is 0.0683. The number of rotatable bonds is 4. The predicted octanol–water partition coefficient (Wildman–Crippen LogP) is 3.14. The van der Waals surface area contributed by atoms with Crippen LogP contribution in [0.2, 0.25) is 0 Å². The number of carbonyl (C=O) groups excluding carboxylic acids is 1. The summed E-state index contributed by atoms with van der Waals surface area (Å²) >= 11 is 1.57. The van der Waals surface area contributed by atoms with Gasteiger partial charge >= 0.3 is 0 Å². The third-order valence-electron chi connectivity index (χ3n) is 5.65. The summed E-state index contributed by atoms with van der Waals surface area (Å²) in [6.45, 7) is 4.21. The van der Waals surface area contributed by atoms with Gasteiger partial charge in [0.2, 0.25) is 0 Å². The summed E-state index contributed by atoms with van der Waals surface area (Å²) in [5, 5.41) is 0.728. The predicted molar refractivity (Wildman–Crippen MR) is 107 cm³/mol. The number of hydrogen-bond donors (Lipinski definition) is 0. The highest BCUT2D eigenvalue weighted by Crippen LogP contribution is 2.24. The number of nitrogens with zero attached hydrogens (tertiary/aromatic N) is 3. The average molecular weight is 384 g/mol. The third-order valence-corrected chi connectivity index (χ3v) is 6.62. The molecule has 0 spiro atoms. The fraction of sp³-hybridized carbons (Fsp3) is 0.476. The SMILES string of the molecule is Cc1ccc(CCC2CCN(C(=O)c3cnc4n(c3=O)CCS4)CC2)cc1. The van der Waals surface area contributed by atoms with Gasteiger partial charge in [0.05, 0.1) is 0 Å². The van der Waals surface area contributed by atoms with Crippen LogP contribution in [-0.2, 0) is 13.0 Å². The van der Waals surface area contributed by atoms with E-state index in [2.05, 4.69) is 36.2 Å². The molecule has 2 aliphatic heterocycles. The van der Waals surface area contributed by atoms with Crippen molar-refractivity contribution in [3.8, 4) is 0 Å². The molecule has 0 bridgehead atoms. The van der Waals surface area contributed by atoms with Gasteiger partial charge in [-0.1, -0.05) is 41.6 Å². The minimum absolute atomic E-state index is 0.156. The molecule has 1 fully saturated rings. The van der Waals surface area contributed by atoms with E-state index < -0.39 is 0 Å². The molecule has 0 saturated carbocycles. The maximum atomic E-state index is 12.8. The van der Waals surface area contributed by atoms with Gasteiger partial charge in [-0.2, -0.15) is 0 Å². The standard InChI is InChI=1S/C21H25N3O2S/c1-15-2-4-16(5-3-15)6-7-17-8-10-23(11-9-17)19(25)18-14-22-21-24(20(18)26)12-13-27-21/h2-5,14,17H,6-13H2,1H3. The molecule has 0 atom stereocenters. The van der Waals surface area contributed by atoms with Crippen LogP contribution in [0.3, 0.4) is 0 Å². The lowest BCUT2D eigenvalue weighted by Crippen LogP contribution is -2.41. The first-order valence-electron chi connectivity index (χ1n) is 9.69. The van der Waals surface area contributed by atoms with E-state index in [1.807, 2.05) is 4.90 Å². The molecule has 0 radical (unpaired) electrons. The maximum absolute atomic E-state index is 12.8. The van der Waals surface area contributed by atoms with Crippen LogP contribution in [0.5, 0.6) is 0 Å². The van der Waals surface area contributed by atoms with E-state index in [9.17, 15) is 9.59 Å². The summed E-state index contributed by atoms with van der Waals surface area (Å²) in [7, 11) is 0. The molecule has 5 nitrogen and oxygen atoms in total. The number of amides is 1. The van der Waals surface area contributed by atoms with Gasteiger partial charge in [-0.25, -0.2) is 4.98 Å². The molecule has 142 valence electrons. The minimum atomic E-state index is -0.184. The third kappa shape index (κ3) is 3.95. The molecule has 6 heteroatoms. The van der Waals surface area contributed by atoms with Crippen LogP contribution in [0.1, 0.15) is 40.7 Å². The lowest BCUT2D eigenvalue weighted by Gasteiger charge is -2.32. The molecule has 2 aliphatic rings. The maximum Gasteiger partial charge on any atom is 0.267 e. The second-order valence-electron chi connectivity index (χ2n) is 7.52. The van der Waals surface area contributed by atoms with Gasteiger partial charge in [-0.15, -0.1) is 0 Å². The average Bonchev–Trinajstić information content (AvgIpc) is 3.18. The number of thioether (sulfide) groups is 1. The Kier molecular flexibility index (Phi) is 5.34. The molecule has 0 unspecified atom stereocenters. The summed E-state index contributed by atoms with van der Waals surface area (Å²) in [6.07, 6.45) is 5.73. The Morgan fingerprint density at radius 3 is 2.67 bits per heavy atom. The molecule has 1 saturated heterocycles. The van der Waals surface area contributed by atoms with E-state index in [4.69, 9.17) is 0 Å². The molecule has 3 heterocycles. The quantitative estimate of drug-likeness (QED) is 0.761. The molecule has 1 amide bonds. The lowest BCUT2D eigenvalue weighted by atomic mass is 9.90. The van der Waals surface area contributed by atoms with Gasteiger partial charge in [0.25, 0.3) is 11.5 Å². The molecule has 4 rings (SSSR count). The van der Waals surface area contributed by atoms with Crippen LogP contribution < -0.4 is 5.56 Å². The fourth-order valence-corrected chi connectivity index (χ4v) is 4.80. The van der Waals surface area contributed by atoms with Crippen molar-refractivity contribution in [1.82, 2.24) is 14.5 Å². The molecule has 2 aromatic rings. The van der Waals surface area contributed by atoms with E-state index in [-0.39, 0.29) is 17.0 Å². The number of aromatic nitrogens is 2. The zero-order valence-corrected chi connectivity index (χ0v) is 16.5. The van der Waals surface area contributed by atoms with Gasteiger partial charge in [0, 0.05) is 31.6 Å². The molecular formula is C21H25N3O2S. The first-order valence-corrected chi connectivity index (χ1v) is 10.7. The van der Waals surface area contributed by atoms with Crippen molar-refractivity contribution in [3.63, 3.8) is 0 Å². The number of carbonyl (C=O) groups is 1. The number of aryl methyl sites for hydroxylation is 2. The van der Waals surface area contributed by atoms with E-state index in [1.54, 1.807) is 16.3 Å². The van der Waals surface area contributed by atoms with Crippen LogP contribution in [0.15, 0.2) is 40.4 Å². The summed E-state index contributed by atoms with van der Waals surface area (Å²) in [5.41, 5.74) is 2.71. The van der Waals surface area contributed by atoms with Gasteiger partial charge in [-0.05, 0) is 44.1 Å². The Balaban J connectivity index is 1.33. The smallest absolute Gasteiger partial charge is 0.267 e. The van der Waals surface area contributed by atoms with Crippen LogP contribution in [0.4, 0.5) is 0 Å². The normalized spacial score (nSPS) is 17.1. The zero-order valence-electron chi connectivity index (χ0n) is 15.7. The van der Waals surface area contributed by atoms with Crippen molar-refractivity contribution in [3.05, 3.63) is 57.5 Å². The largest absolute Gasteiger partial charge is 0.338 e. The number of piperidine rings is 1. The number of benzene rings is 1. The molecule has 1 aromatic heterocycles. The van der Waals surface area contributed by atoms with E-state index in [1.165, 1.54) is 17.3 Å². The summed E-state index contributed by atoms with van der Waals surface area (Å²) < 4.78 is 1.63. The zero-order chi connectivity index (χ0) is 18.8. The van der Waals surface area contributed by atoms with E-state index in [0.717, 1.165) is 49.7 Å². The molecule has 27 heavy (non-hydrogen) atoms. The first-order chi connectivity index (χ1) is 13.1. The Hall–Kier alpha value is -2.08. The van der Waals surface area contributed by atoms with Crippen molar-refractivity contribution >= 4 is 17.7 Å². The first kappa shape index (κ1) is 18.3. The second-order valence-corrected chi connectivity index (χ2v) is 8.58. The molecule has 0 N–H and O–H groups in total.